The Balaban J connectivity index is 1.71. The SMILES string of the molecule is C=C(C)C1=C2C[C@@]34OC(=O)[C@]5(CC[C@@H](C)[C@@H]3C[C@]2(C)CC1=O)[C@H](C)CC[C@H]45. The molecule has 1 spiro atoms. The summed E-state index contributed by atoms with van der Waals surface area (Å²) in [5, 5.41) is 0. The Kier molecular flexibility index (Phi) is 3.38. The first-order chi connectivity index (χ1) is 12.7. The number of Topliss-reactive ketones (excluding diaryl/α,β-unsaturated/α-hetero) is 1. The third-order valence-electron chi connectivity index (χ3n) is 9.38. The van der Waals surface area contributed by atoms with E-state index in [9.17, 15) is 9.59 Å². The third-order valence-corrected chi connectivity index (χ3v) is 9.38. The van der Waals surface area contributed by atoms with Crippen LogP contribution < -0.4 is 0 Å². The van der Waals surface area contributed by atoms with E-state index in [1.165, 1.54) is 5.57 Å². The maximum Gasteiger partial charge on any atom is 0.313 e. The molecule has 1 heterocycles. The third kappa shape index (κ3) is 1.89. The topological polar surface area (TPSA) is 43.4 Å². The van der Waals surface area contributed by atoms with E-state index in [2.05, 4.69) is 27.4 Å². The summed E-state index contributed by atoms with van der Waals surface area (Å²) in [7, 11) is 0. The monoisotopic (exact) mass is 368 g/mol. The van der Waals surface area contributed by atoms with Gasteiger partial charge in [0.25, 0.3) is 0 Å². The van der Waals surface area contributed by atoms with E-state index in [-0.39, 0.29) is 22.6 Å². The van der Waals surface area contributed by atoms with Gasteiger partial charge in [0.2, 0.25) is 0 Å². The Morgan fingerprint density at radius 2 is 1.89 bits per heavy atom. The molecule has 7 atom stereocenters. The van der Waals surface area contributed by atoms with Crippen LogP contribution in [0.5, 0.6) is 0 Å². The Bertz CT molecular complexity index is 806. The van der Waals surface area contributed by atoms with Crippen molar-refractivity contribution in [2.45, 2.75) is 78.2 Å². The van der Waals surface area contributed by atoms with Gasteiger partial charge in [-0.25, -0.2) is 0 Å². The highest BCUT2D eigenvalue weighted by Crippen LogP contribution is 2.71. The largest absolute Gasteiger partial charge is 0.458 e. The van der Waals surface area contributed by atoms with Crippen LogP contribution >= 0.6 is 0 Å². The maximum atomic E-state index is 13.3. The molecule has 5 aliphatic rings. The molecule has 3 heteroatoms. The lowest BCUT2D eigenvalue weighted by molar-refractivity contribution is -0.169. The van der Waals surface area contributed by atoms with Crippen LogP contribution in [-0.2, 0) is 14.3 Å². The van der Waals surface area contributed by atoms with Crippen molar-refractivity contribution in [3.8, 4) is 0 Å². The Morgan fingerprint density at radius 3 is 2.59 bits per heavy atom. The van der Waals surface area contributed by atoms with Gasteiger partial charge in [-0.1, -0.05) is 27.4 Å². The van der Waals surface area contributed by atoms with Gasteiger partial charge in [-0.3, -0.25) is 9.59 Å². The summed E-state index contributed by atoms with van der Waals surface area (Å²) in [4.78, 5) is 26.2. The lowest BCUT2D eigenvalue weighted by Crippen LogP contribution is -2.52. The molecule has 0 aromatic heterocycles. The van der Waals surface area contributed by atoms with Crippen LogP contribution in [-0.4, -0.2) is 17.4 Å². The minimum absolute atomic E-state index is 0.0693. The molecule has 0 aromatic carbocycles. The minimum atomic E-state index is -0.391. The van der Waals surface area contributed by atoms with Gasteiger partial charge in [-0.15, -0.1) is 0 Å². The summed E-state index contributed by atoms with van der Waals surface area (Å²) in [6.07, 6.45) is 6.65. The molecule has 3 nitrogen and oxygen atoms in total. The number of carbonyl (C=O) groups is 2. The highest BCUT2D eigenvalue weighted by atomic mass is 16.6. The van der Waals surface area contributed by atoms with Gasteiger partial charge >= 0.3 is 5.97 Å². The zero-order valence-electron chi connectivity index (χ0n) is 17.2. The first kappa shape index (κ1) is 17.7. The Morgan fingerprint density at radius 1 is 1.15 bits per heavy atom. The van der Waals surface area contributed by atoms with E-state index in [4.69, 9.17) is 4.74 Å². The molecule has 0 amide bonds. The highest BCUT2D eigenvalue weighted by molar-refractivity contribution is 6.03. The van der Waals surface area contributed by atoms with Crippen molar-refractivity contribution < 1.29 is 14.3 Å². The fourth-order valence-electron chi connectivity index (χ4n) is 8.08. The maximum absolute atomic E-state index is 13.3. The molecule has 4 fully saturated rings. The molecule has 0 unspecified atom stereocenters. The van der Waals surface area contributed by atoms with Crippen molar-refractivity contribution in [1.29, 1.82) is 0 Å². The predicted molar refractivity (Wildman–Crippen MR) is 104 cm³/mol. The van der Waals surface area contributed by atoms with E-state index in [0.717, 1.165) is 49.7 Å². The molecule has 0 aromatic rings. The summed E-state index contributed by atoms with van der Waals surface area (Å²) in [6.45, 7) is 12.9. The normalized spacial score (nSPS) is 50.8. The van der Waals surface area contributed by atoms with Crippen LogP contribution in [0.1, 0.15) is 72.6 Å². The van der Waals surface area contributed by atoms with Crippen LogP contribution in [0.25, 0.3) is 0 Å². The summed E-state index contributed by atoms with van der Waals surface area (Å²) in [6, 6.07) is 0. The average molecular weight is 369 g/mol. The second-order valence-corrected chi connectivity index (χ2v) is 10.7. The van der Waals surface area contributed by atoms with E-state index in [1.54, 1.807) is 0 Å². The number of ketones is 1. The molecule has 3 saturated carbocycles. The van der Waals surface area contributed by atoms with Crippen molar-refractivity contribution in [2.75, 3.05) is 0 Å². The second kappa shape index (κ2) is 5.15. The zero-order valence-corrected chi connectivity index (χ0v) is 17.2. The van der Waals surface area contributed by atoms with Crippen molar-refractivity contribution in [2.24, 2.45) is 34.5 Å². The predicted octanol–water partition coefficient (Wildman–Crippen LogP) is 5.01. The standard InChI is InChI=1S/C24H32O3/c1-13(2)20-17-11-24-16(10-22(17,5)12-18(20)25)14(3)8-9-23(21(26)27-24)15(4)6-7-19(23)24/h14-16,19H,1,6-12H2,2-5H3/t14-,15-,16+,19+,22-,23-,24-/m1/s1. The molecule has 27 heavy (non-hydrogen) atoms. The van der Waals surface area contributed by atoms with Crippen molar-refractivity contribution in [3.63, 3.8) is 0 Å². The molecule has 0 radical (unpaired) electrons. The van der Waals surface area contributed by atoms with Gasteiger partial charge in [0.1, 0.15) is 5.60 Å². The summed E-state index contributed by atoms with van der Waals surface area (Å²) >= 11 is 0. The number of rotatable bonds is 1. The summed E-state index contributed by atoms with van der Waals surface area (Å²) in [5.41, 5.74) is 2.24. The van der Waals surface area contributed by atoms with Crippen LogP contribution in [0.2, 0.25) is 0 Å². The fraction of sp³-hybridized carbons (Fsp3) is 0.750. The van der Waals surface area contributed by atoms with Gasteiger partial charge in [0, 0.05) is 30.3 Å². The Hall–Kier alpha value is -1.38. The lowest BCUT2D eigenvalue weighted by Gasteiger charge is -2.51. The molecule has 1 aliphatic heterocycles. The molecular formula is C24H32O3. The number of carbonyl (C=O) groups excluding carboxylic acids is 2. The molecule has 4 aliphatic carbocycles. The Labute approximate surface area is 162 Å². The van der Waals surface area contributed by atoms with Gasteiger partial charge in [-0.2, -0.15) is 0 Å². The lowest BCUT2D eigenvalue weighted by atomic mass is 9.55. The van der Waals surface area contributed by atoms with Crippen molar-refractivity contribution in [3.05, 3.63) is 23.3 Å². The van der Waals surface area contributed by atoms with Crippen LogP contribution in [0.4, 0.5) is 0 Å². The van der Waals surface area contributed by atoms with Crippen LogP contribution in [0, 0.1) is 34.5 Å². The number of hydrogen-bond acceptors (Lipinski definition) is 3. The molecule has 2 bridgehead atoms. The molecular weight excluding hydrogens is 336 g/mol. The van der Waals surface area contributed by atoms with E-state index in [0.29, 0.717) is 30.1 Å². The van der Waals surface area contributed by atoms with E-state index >= 15 is 0 Å². The van der Waals surface area contributed by atoms with Crippen molar-refractivity contribution in [1.82, 2.24) is 0 Å². The highest BCUT2D eigenvalue weighted by Gasteiger charge is 2.74. The minimum Gasteiger partial charge on any atom is -0.458 e. The van der Waals surface area contributed by atoms with Gasteiger partial charge in [0.05, 0.1) is 5.41 Å². The number of esters is 1. The van der Waals surface area contributed by atoms with Crippen molar-refractivity contribution >= 4 is 11.8 Å². The molecule has 0 N–H and O–H groups in total. The van der Waals surface area contributed by atoms with E-state index < -0.39 is 5.60 Å². The smallest absolute Gasteiger partial charge is 0.313 e. The number of ether oxygens (including phenoxy) is 1. The van der Waals surface area contributed by atoms with Crippen LogP contribution in [0.15, 0.2) is 23.3 Å². The van der Waals surface area contributed by atoms with Gasteiger partial charge < -0.3 is 4.74 Å². The second-order valence-electron chi connectivity index (χ2n) is 10.7. The average Bonchev–Trinajstić information content (AvgIpc) is 3.10. The van der Waals surface area contributed by atoms with Gasteiger partial charge in [0.15, 0.2) is 5.78 Å². The summed E-state index contributed by atoms with van der Waals surface area (Å²) < 4.78 is 6.46. The molecule has 146 valence electrons. The number of hydrogen-bond donors (Lipinski definition) is 0. The summed E-state index contributed by atoms with van der Waals surface area (Å²) in [5.74, 6) is 1.95. The fourth-order valence-corrected chi connectivity index (χ4v) is 8.08. The molecule has 1 saturated heterocycles. The van der Waals surface area contributed by atoms with Crippen LogP contribution in [0.3, 0.4) is 0 Å². The van der Waals surface area contributed by atoms with E-state index in [1.807, 2.05) is 6.92 Å². The number of allylic oxidation sites excluding steroid dienone is 2. The molecule has 5 rings (SSSR count). The number of fused-ring (bicyclic) bond motifs is 1. The first-order valence-electron chi connectivity index (χ1n) is 10.8. The first-order valence-corrected chi connectivity index (χ1v) is 10.8. The quantitative estimate of drug-likeness (QED) is 0.611. The zero-order chi connectivity index (χ0) is 19.4. The van der Waals surface area contributed by atoms with Gasteiger partial charge in [-0.05, 0) is 67.4 Å².